The number of pyridine rings is 1. The van der Waals surface area contributed by atoms with E-state index in [0.717, 1.165) is 25.9 Å². The Labute approximate surface area is 104 Å². The highest BCUT2D eigenvalue weighted by atomic mass is 15.1. The van der Waals surface area contributed by atoms with Crippen molar-refractivity contribution in [1.29, 1.82) is 5.26 Å². The lowest BCUT2D eigenvalue weighted by molar-refractivity contribution is 0.289. The highest BCUT2D eigenvalue weighted by Crippen LogP contribution is 2.18. The summed E-state index contributed by atoms with van der Waals surface area (Å²) in [7, 11) is 2.11. The molecule has 0 amide bonds. The summed E-state index contributed by atoms with van der Waals surface area (Å²) >= 11 is 0. The Hall–Kier alpha value is -1.40. The highest BCUT2D eigenvalue weighted by Gasteiger charge is 2.16. The molecule has 0 spiro atoms. The third kappa shape index (κ3) is 5.46. The topological polar surface area (TPSA) is 39.9 Å². The van der Waals surface area contributed by atoms with Crippen LogP contribution in [-0.2, 0) is 6.42 Å². The van der Waals surface area contributed by atoms with Crippen LogP contribution in [0, 0.1) is 16.7 Å². The van der Waals surface area contributed by atoms with Crippen molar-refractivity contribution in [2.24, 2.45) is 5.41 Å². The maximum absolute atomic E-state index is 8.94. The first kappa shape index (κ1) is 13.7. The van der Waals surface area contributed by atoms with Crippen LogP contribution in [0.4, 0.5) is 0 Å². The molecule has 0 saturated carbocycles. The Bertz CT molecular complexity index is 365. The number of rotatable bonds is 6. The minimum Gasteiger partial charge on any atom is -0.306 e. The van der Waals surface area contributed by atoms with Crippen molar-refractivity contribution in [3.05, 3.63) is 30.1 Å². The van der Waals surface area contributed by atoms with Gasteiger partial charge in [0.1, 0.15) is 0 Å². The van der Waals surface area contributed by atoms with Crippen LogP contribution in [0.15, 0.2) is 24.5 Å². The molecule has 3 nitrogen and oxygen atoms in total. The Morgan fingerprint density at radius 3 is 2.53 bits per heavy atom. The molecule has 0 radical (unpaired) electrons. The van der Waals surface area contributed by atoms with Gasteiger partial charge in [-0.25, -0.2) is 0 Å². The first-order valence-electron chi connectivity index (χ1n) is 6.02. The number of nitriles is 1. The molecule has 0 aliphatic heterocycles. The smallest absolute Gasteiger partial charge is 0.0684 e. The van der Waals surface area contributed by atoms with Crippen LogP contribution in [-0.4, -0.2) is 30.0 Å². The van der Waals surface area contributed by atoms with E-state index in [4.69, 9.17) is 5.26 Å². The summed E-state index contributed by atoms with van der Waals surface area (Å²) in [5, 5.41) is 8.94. The molecule has 17 heavy (non-hydrogen) atoms. The van der Waals surface area contributed by atoms with Crippen molar-refractivity contribution in [2.45, 2.75) is 26.7 Å². The van der Waals surface area contributed by atoms with Gasteiger partial charge in [-0.3, -0.25) is 4.98 Å². The van der Waals surface area contributed by atoms with Gasteiger partial charge in [0.15, 0.2) is 0 Å². The first-order chi connectivity index (χ1) is 8.03. The zero-order valence-corrected chi connectivity index (χ0v) is 11.0. The summed E-state index contributed by atoms with van der Waals surface area (Å²) in [4.78, 5) is 6.28. The highest BCUT2D eigenvalue weighted by molar-refractivity contribution is 5.09. The molecule has 92 valence electrons. The second kappa shape index (κ2) is 6.36. The minimum absolute atomic E-state index is 0.217. The molecule has 1 aromatic heterocycles. The fourth-order valence-electron chi connectivity index (χ4n) is 1.51. The fraction of sp³-hybridized carbons (Fsp3) is 0.571. The summed E-state index contributed by atoms with van der Waals surface area (Å²) in [5.41, 5.74) is 1.09. The molecule has 0 fully saturated rings. The van der Waals surface area contributed by atoms with Crippen LogP contribution in [0.5, 0.6) is 0 Å². The van der Waals surface area contributed by atoms with E-state index in [2.05, 4.69) is 23.0 Å². The summed E-state index contributed by atoms with van der Waals surface area (Å²) < 4.78 is 0. The number of aromatic nitrogens is 1. The van der Waals surface area contributed by atoms with Crippen molar-refractivity contribution >= 4 is 0 Å². The van der Waals surface area contributed by atoms with E-state index in [-0.39, 0.29) is 5.41 Å². The van der Waals surface area contributed by atoms with Crippen LogP contribution in [0.1, 0.15) is 25.8 Å². The third-order valence-electron chi connectivity index (χ3n) is 2.95. The van der Waals surface area contributed by atoms with Gasteiger partial charge >= 0.3 is 0 Å². The number of hydrogen-bond donors (Lipinski definition) is 0. The van der Waals surface area contributed by atoms with Crippen LogP contribution in [0.3, 0.4) is 0 Å². The molecular weight excluding hydrogens is 210 g/mol. The van der Waals surface area contributed by atoms with E-state index in [1.807, 2.05) is 38.4 Å². The quantitative estimate of drug-likeness (QED) is 0.755. The second-order valence-corrected chi connectivity index (χ2v) is 5.15. The Kier molecular flexibility index (Phi) is 5.11. The van der Waals surface area contributed by atoms with Crippen LogP contribution in [0.2, 0.25) is 0 Å². The molecule has 0 N–H and O–H groups in total. The lowest BCUT2D eigenvalue weighted by Crippen LogP contribution is -2.26. The van der Waals surface area contributed by atoms with Crippen molar-refractivity contribution in [1.82, 2.24) is 9.88 Å². The predicted molar refractivity (Wildman–Crippen MR) is 69.4 cm³/mol. The summed E-state index contributed by atoms with van der Waals surface area (Å²) in [6, 6.07) is 6.43. The SMILES string of the molecule is CN(CCc1ccncc1)CCC(C)(C)C#N. The van der Waals surface area contributed by atoms with Gasteiger partial charge in [-0.15, -0.1) is 0 Å². The maximum atomic E-state index is 8.94. The molecule has 3 heteroatoms. The van der Waals surface area contributed by atoms with Crippen molar-refractivity contribution in [2.75, 3.05) is 20.1 Å². The van der Waals surface area contributed by atoms with E-state index < -0.39 is 0 Å². The monoisotopic (exact) mass is 231 g/mol. The maximum Gasteiger partial charge on any atom is 0.0684 e. The van der Waals surface area contributed by atoms with E-state index in [9.17, 15) is 0 Å². The molecule has 0 saturated heterocycles. The first-order valence-corrected chi connectivity index (χ1v) is 6.02. The summed E-state index contributed by atoms with van der Waals surface area (Å²) in [5.74, 6) is 0. The molecule has 1 aromatic rings. The summed E-state index contributed by atoms with van der Waals surface area (Å²) in [6.45, 7) is 5.96. The van der Waals surface area contributed by atoms with E-state index in [1.54, 1.807) is 0 Å². The minimum atomic E-state index is -0.217. The largest absolute Gasteiger partial charge is 0.306 e. The Morgan fingerprint density at radius 1 is 1.29 bits per heavy atom. The van der Waals surface area contributed by atoms with Gasteiger partial charge in [0.2, 0.25) is 0 Å². The number of hydrogen-bond acceptors (Lipinski definition) is 3. The molecular formula is C14H21N3. The van der Waals surface area contributed by atoms with Gasteiger partial charge < -0.3 is 4.90 Å². The zero-order chi connectivity index (χ0) is 12.7. The second-order valence-electron chi connectivity index (χ2n) is 5.15. The molecule has 0 aliphatic rings. The van der Waals surface area contributed by atoms with Crippen molar-refractivity contribution < 1.29 is 0 Å². The number of likely N-dealkylation sites (N-methyl/N-ethyl adjacent to an activating group) is 1. The third-order valence-corrected chi connectivity index (χ3v) is 2.95. The lowest BCUT2D eigenvalue weighted by Gasteiger charge is -2.21. The average Bonchev–Trinajstić information content (AvgIpc) is 2.35. The number of nitrogens with zero attached hydrogens (tertiary/aromatic N) is 3. The van der Waals surface area contributed by atoms with Crippen molar-refractivity contribution in [3.63, 3.8) is 0 Å². The van der Waals surface area contributed by atoms with Gasteiger partial charge in [0, 0.05) is 18.9 Å². The van der Waals surface area contributed by atoms with Gasteiger partial charge in [-0.2, -0.15) is 5.26 Å². The normalized spacial score (nSPS) is 11.5. The Morgan fingerprint density at radius 2 is 1.94 bits per heavy atom. The van der Waals surface area contributed by atoms with Gasteiger partial charge in [-0.1, -0.05) is 0 Å². The molecule has 0 atom stereocenters. The average molecular weight is 231 g/mol. The molecule has 0 bridgehead atoms. The molecule has 1 heterocycles. The molecule has 0 aliphatic carbocycles. The summed E-state index contributed by atoms with van der Waals surface area (Å²) in [6.07, 6.45) is 5.60. The van der Waals surface area contributed by atoms with Crippen molar-refractivity contribution in [3.8, 4) is 6.07 Å². The Balaban J connectivity index is 2.27. The molecule has 0 unspecified atom stereocenters. The zero-order valence-electron chi connectivity index (χ0n) is 11.0. The van der Waals surface area contributed by atoms with E-state index in [1.165, 1.54) is 5.56 Å². The molecule has 1 rings (SSSR count). The van der Waals surface area contributed by atoms with Gasteiger partial charge in [-0.05, 0) is 58.0 Å². The van der Waals surface area contributed by atoms with Crippen LogP contribution < -0.4 is 0 Å². The van der Waals surface area contributed by atoms with Gasteiger partial charge in [0.05, 0.1) is 11.5 Å². The van der Waals surface area contributed by atoms with E-state index >= 15 is 0 Å². The van der Waals surface area contributed by atoms with Crippen LogP contribution >= 0.6 is 0 Å². The fourth-order valence-corrected chi connectivity index (χ4v) is 1.51. The van der Waals surface area contributed by atoms with Crippen LogP contribution in [0.25, 0.3) is 0 Å². The predicted octanol–water partition coefficient (Wildman–Crippen LogP) is 2.50. The van der Waals surface area contributed by atoms with Gasteiger partial charge in [0.25, 0.3) is 0 Å². The molecule has 0 aromatic carbocycles. The lowest BCUT2D eigenvalue weighted by atomic mass is 9.91. The van der Waals surface area contributed by atoms with E-state index in [0.29, 0.717) is 0 Å². The standard InChI is InChI=1S/C14H21N3/c1-14(2,12-15)7-11-17(3)10-6-13-4-8-16-9-5-13/h4-5,8-9H,6-7,10-11H2,1-3H3.